The number of methoxy groups -OCH3 is 1. The van der Waals surface area contributed by atoms with Crippen molar-refractivity contribution in [2.45, 2.75) is 71.6 Å². The average molecular weight is 589 g/mol. The number of hydrogen-bond donors (Lipinski definition) is 1. The molecule has 5 rings (SSSR count). The molecule has 0 atom stereocenters. The predicted molar refractivity (Wildman–Crippen MR) is 165 cm³/mol. The number of ether oxygens (including phenoxy) is 3. The van der Waals surface area contributed by atoms with E-state index in [1.54, 1.807) is 6.07 Å². The Bertz CT molecular complexity index is 1470. The number of anilines is 1. The van der Waals surface area contributed by atoms with E-state index < -0.39 is 23.5 Å². The molecule has 228 valence electrons. The second-order valence-electron chi connectivity index (χ2n) is 12.7. The van der Waals surface area contributed by atoms with E-state index in [0.717, 1.165) is 41.0 Å². The van der Waals surface area contributed by atoms with Gasteiger partial charge in [-0.2, -0.15) is 0 Å². The number of halogens is 1. The largest absolute Gasteiger partial charge is 0.488 e. The Hall–Kier alpha value is -4.07. The second kappa shape index (κ2) is 12.7. The van der Waals surface area contributed by atoms with Gasteiger partial charge in [-0.25, -0.2) is 9.18 Å². The molecular formula is C35H41FN2O5. The Kier molecular flexibility index (Phi) is 8.95. The number of nitrogens with one attached hydrogen (secondary N) is 1. The number of carbonyl (C=O) groups excluding carboxylic acids is 2. The van der Waals surface area contributed by atoms with E-state index in [2.05, 4.69) is 40.5 Å². The van der Waals surface area contributed by atoms with Gasteiger partial charge in [-0.05, 0) is 104 Å². The lowest BCUT2D eigenvalue weighted by Crippen LogP contribution is -2.34. The molecule has 0 radical (unpaired) electrons. The molecule has 8 heteroatoms. The van der Waals surface area contributed by atoms with Gasteiger partial charge in [-0.1, -0.05) is 24.3 Å². The number of piperidine rings is 1. The number of carbonyl (C=O) groups is 2. The molecule has 0 bridgehead atoms. The summed E-state index contributed by atoms with van der Waals surface area (Å²) in [6.07, 6.45) is 4.63. The van der Waals surface area contributed by atoms with Crippen molar-refractivity contribution in [3.63, 3.8) is 0 Å². The van der Waals surface area contributed by atoms with E-state index in [0.29, 0.717) is 23.3 Å². The van der Waals surface area contributed by atoms with E-state index in [9.17, 15) is 14.0 Å². The third-order valence-corrected chi connectivity index (χ3v) is 8.21. The van der Waals surface area contributed by atoms with Crippen LogP contribution in [-0.4, -0.2) is 37.9 Å². The third-order valence-electron chi connectivity index (χ3n) is 8.21. The summed E-state index contributed by atoms with van der Waals surface area (Å²) >= 11 is 0. The molecular weight excluding hydrogens is 547 g/mol. The zero-order chi connectivity index (χ0) is 30.6. The monoisotopic (exact) mass is 588 g/mol. The number of benzene rings is 3. The SMILES string of the molecule is COC(=O)Cc1ccc(F)cc1OCc1cc(-c2cccc(CNC(=O)OC(C)(C)C)c2)cc(N2CCC3(CC2)CC3)c1. The van der Waals surface area contributed by atoms with E-state index in [1.807, 2.05) is 32.9 Å². The van der Waals surface area contributed by atoms with Gasteiger partial charge >= 0.3 is 12.1 Å². The summed E-state index contributed by atoms with van der Waals surface area (Å²) in [4.78, 5) is 26.6. The van der Waals surface area contributed by atoms with Crippen molar-refractivity contribution in [3.8, 4) is 16.9 Å². The van der Waals surface area contributed by atoms with Gasteiger partial charge in [0.15, 0.2) is 0 Å². The number of hydrogen-bond acceptors (Lipinski definition) is 6. The molecule has 1 N–H and O–H groups in total. The van der Waals surface area contributed by atoms with E-state index in [1.165, 1.54) is 44.9 Å². The number of nitrogens with zero attached hydrogens (tertiary/aromatic N) is 1. The van der Waals surface area contributed by atoms with E-state index >= 15 is 0 Å². The molecule has 0 unspecified atom stereocenters. The van der Waals surface area contributed by atoms with Crippen LogP contribution in [0.3, 0.4) is 0 Å². The molecule has 1 saturated carbocycles. The number of esters is 1. The molecule has 1 aliphatic carbocycles. The molecule has 2 aliphatic rings. The molecule has 1 spiro atoms. The van der Waals surface area contributed by atoms with Crippen molar-refractivity contribution in [1.29, 1.82) is 0 Å². The minimum Gasteiger partial charge on any atom is -0.488 e. The Balaban J connectivity index is 1.39. The minimum atomic E-state index is -0.565. The van der Waals surface area contributed by atoms with Gasteiger partial charge in [-0.3, -0.25) is 4.79 Å². The van der Waals surface area contributed by atoms with Crippen molar-refractivity contribution >= 4 is 17.7 Å². The summed E-state index contributed by atoms with van der Waals surface area (Å²) in [5, 5.41) is 2.84. The first-order chi connectivity index (χ1) is 20.5. The molecule has 1 aliphatic heterocycles. The maximum absolute atomic E-state index is 14.1. The van der Waals surface area contributed by atoms with Crippen molar-refractivity contribution in [1.82, 2.24) is 5.32 Å². The third kappa shape index (κ3) is 8.27. The van der Waals surface area contributed by atoms with Crippen LogP contribution in [0.1, 0.15) is 63.1 Å². The summed E-state index contributed by atoms with van der Waals surface area (Å²) in [6, 6.07) is 18.7. The summed E-state index contributed by atoms with van der Waals surface area (Å²) in [7, 11) is 1.33. The molecule has 2 fully saturated rings. The first kappa shape index (κ1) is 30.4. The Morgan fingerprint density at radius 2 is 1.67 bits per heavy atom. The lowest BCUT2D eigenvalue weighted by atomic mass is 9.92. The first-order valence-electron chi connectivity index (χ1n) is 14.9. The van der Waals surface area contributed by atoms with Crippen molar-refractivity contribution in [3.05, 3.63) is 83.2 Å². The summed E-state index contributed by atoms with van der Waals surface area (Å²) in [5.41, 5.74) is 5.61. The molecule has 1 amide bonds. The van der Waals surface area contributed by atoms with Gasteiger partial charge in [0.1, 0.15) is 23.8 Å². The molecule has 3 aromatic rings. The number of alkyl carbamates (subject to hydrolysis) is 1. The highest BCUT2D eigenvalue weighted by molar-refractivity contribution is 5.73. The lowest BCUT2D eigenvalue weighted by Gasteiger charge is -2.34. The highest BCUT2D eigenvalue weighted by atomic mass is 19.1. The van der Waals surface area contributed by atoms with Gasteiger partial charge in [0.2, 0.25) is 0 Å². The first-order valence-corrected chi connectivity index (χ1v) is 14.9. The Morgan fingerprint density at radius 3 is 2.37 bits per heavy atom. The average Bonchev–Trinajstić information content (AvgIpc) is 3.74. The molecule has 1 heterocycles. The molecule has 3 aromatic carbocycles. The van der Waals surface area contributed by atoms with Crippen LogP contribution in [0.15, 0.2) is 60.7 Å². The van der Waals surface area contributed by atoms with Crippen LogP contribution < -0.4 is 15.0 Å². The fourth-order valence-electron chi connectivity index (χ4n) is 5.57. The van der Waals surface area contributed by atoms with Crippen LogP contribution in [0.4, 0.5) is 14.9 Å². The van der Waals surface area contributed by atoms with Gasteiger partial charge in [0, 0.05) is 37.0 Å². The summed E-state index contributed by atoms with van der Waals surface area (Å²) < 4.78 is 30.5. The van der Waals surface area contributed by atoms with E-state index in [-0.39, 0.29) is 13.0 Å². The lowest BCUT2D eigenvalue weighted by molar-refractivity contribution is -0.139. The van der Waals surface area contributed by atoms with Gasteiger partial charge in [-0.15, -0.1) is 0 Å². The van der Waals surface area contributed by atoms with Gasteiger partial charge < -0.3 is 24.4 Å². The van der Waals surface area contributed by atoms with Crippen LogP contribution in [0.25, 0.3) is 11.1 Å². The standard InChI is InChI=1S/C35H41FN2O5/c1-34(2,3)43-33(40)37-22-24-6-5-7-26(16-24)28-17-25(18-30(19-28)38-14-12-35(10-11-35)13-15-38)23-42-31-21-29(36)9-8-27(31)20-32(39)41-4/h5-9,16-19,21H,10-15,20,22-23H2,1-4H3,(H,37,40). The van der Waals surface area contributed by atoms with Crippen LogP contribution in [-0.2, 0) is 33.8 Å². The predicted octanol–water partition coefficient (Wildman–Crippen LogP) is 7.19. The molecule has 1 saturated heterocycles. The maximum atomic E-state index is 14.1. The van der Waals surface area contributed by atoms with Crippen LogP contribution in [0.5, 0.6) is 5.75 Å². The van der Waals surface area contributed by atoms with Gasteiger partial charge in [0.25, 0.3) is 0 Å². The van der Waals surface area contributed by atoms with Crippen LogP contribution >= 0.6 is 0 Å². The summed E-state index contributed by atoms with van der Waals surface area (Å²) in [6.45, 7) is 8.08. The van der Waals surface area contributed by atoms with Gasteiger partial charge in [0.05, 0.1) is 13.5 Å². The van der Waals surface area contributed by atoms with E-state index in [4.69, 9.17) is 14.2 Å². The minimum absolute atomic E-state index is 0.00292. The maximum Gasteiger partial charge on any atom is 0.407 e. The number of amides is 1. The normalized spacial score (nSPS) is 15.6. The quantitative estimate of drug-likeness (QED) is 0.267. The topological polar surface area (TPSA) is 77.1 Å². The number of rotatable bonds is 9. The van der Waals surface area contributed by atoms with Crippen LogP contribution in [0, 0.1) is 11.2 Å². The fourth-order valence-corrected chi connectivity index (χ4v) is 5.57. The zero-order valence-corrected chi connectivity index (χ0v) is 25.5. The van der Waals surface area contributed by atoms with Crippen LogP contribution in [0.2, 0.25) is 0 Å². The van der Waals surface area contributed by atoms with Crippen molar-refractivity contribution in [2.75, 3.05) is 25.1 Å². The highest BCUT2D eigenvalue weighted by Gasteiger charge is 2.44. The Labute approximate surface area is 253 Å². The Morgan fingerprint density at radius 1 is 0.930 bits per heavy atom. The second-order valence-corrected chi connectivity index (χ2v) is 12.7. The molecule has 43 heavy (non-hydrogen) atoms. The smallest absolute Gasteiger partial charge is 0.407 e. The van der Waals surface area contributed by atoms with Crippen molar-refractivity contribution < 1.29 is 28.2 Å². The highest BCUT2D eigenvalue weighted by Crippen LogP contribution is 2.54. The molecule has 0 aromatic heterocycles. The fraction of sp³-hybridized carbons (Fsp3) is 0.429. The summed E-state index contributed by atoms with van der Waals surface area (Å²) in [5.74, 6) is -0.529. The zero-order valence-electron chi connectivity index (χ0n) is 25.5. The molecule has 7 nitrogen and oxygen atoms in total. The van der Waals surface area contributed by atoms with Crippen molar-refractivity contribution in [2.24, 2.45) is 5.41 Å².